The number of ether oxygens (including phenoxy) is 1. The summed E-state index contributed by atoms with van der Waals surface area (Å²) in [5, 5.41) is 3.19. The van der Waals surface area contributed by atoms with Crippen molar-refractivity contribution in [1.82, 2.24) is 10.0 Å². The zero-order valence-corrected chi connectivity index (χ0v) is 19.4. The van der Waals surface area contributed by atoms with Gasteiger partial charge in [0, 0.05) is 17.1 Å². The lowest BCUT2D eigenvalue weighted by molar-refractivity contribution is 0.0826. The van der Waals surface area contributed by atoms with Gasteiger partial charge < -0.3 is 10.1 Å². The summed E-state index contributed by atoms with van der Waals surface area (Å²) in [6, 6.07) is 4.66. The largest absolute Gasteiger partial charge is 0.495 e. The molecular weight excluding hydrogens is 388 g/mol. The van der Waals surface area contributed by atoms with E-state index in [2.05, 4.69) is 30.8 Å². The fourth-order valence-corrected chi connectivity index (χ4v) is 6.76. The number of hydrogen-bond donors (Lipinski definition) is 2. The Balaban J connectivity index is 1.88. The van der Waals surface area contributed by atoms with Crippen molar-refractivity contribution >= 4 is 15.9 Å². The molecule has 2 bridgehead atoms. The number of rotatable bonds is 5. The van der Waals surface area contributed by atoms with E-state index >= 15 is 0 Å². The van der Waals surface area contributed by atoms with Gasteiger partial charge in [-0.2, -0.15) is 0 Å². The Labute approximate surface area is 174 Å². The van der Waals surface area contributed by atoms with Crippen LogP contribution in [0.15, 0.2) is 23.1 Å². The highest BCUT2D eigenvalue weighted by atomic mass is 32.2. The van der Waals surface area contributed by atoms with Crippen molar-refractivity contribution in [3.63, 3.8) is 0 Å². The average Bonchev–Trinajstić information content (AvgIpc) is 2.92. The predicted molar refractivity (Wildman–Crippen MR) is 114 cm³/mol. The molecule has 2 N–H and O–H groups in total. The Morgan fingerprint density at radius 2 is 1.86 bits per heavy atom. The van der Waals surface area contributed by atoms with Crippen LogP contribution in [0.5, 0.6) is 5.75 Å². The van der Waals surface area contributed by atoms with Crippen molar-refractivity contribution in [3.8, 4) is 5.75 Å². The Hall–Kier alpha value is -1.60. The molecule has 0 radical (unpaired) electrons. The van der Waals surface area contributed by atoms with Gasteiger partial charge in [-0.1, -0.05) is 20.8 Å². The third kappa shape index (κ3) is 3.79. The van der Waals surface area contributed by atoms with Crippen LogP contribution in [0.3, 0.4) is 0 Å². The van der Waals surface area contributed by atoms with Gasteiger partial charge in [0.05, 0.1) is 7.11 Å². The summed E-state index contributed by atoms with van der Waals surface area (Å²) in [7, 11) is -2.42. The molecule has 0 aliphatic heterocycles. The Kier molecular flexibility index (Phi) is 5.32. The fraction of sp³-hybridized carbons (Fsp3) is 0.682. The van der Waals surface area contributed by atoms with E-state index in [-0.39, 0.29) is 33.4 Å². The monoisotopic (exact) mass is 422 g/mol. The van der Waals surface area contributed by atoms with Gasteiger partial charge >= 0.3 is 0 Å². The number of nitrogens with one attached hydrogen (secondary N) is 2. The SMILES string of the molecule is COc1ccc(C(=O)NC2CC3CCC2(C)C3(C)C)cc1S(=O)(=O)NC(C)(C)C. The van der Waals surface area contributed by atoms with E-state index in [1.807, 2.05) is 0 Å². The molecule has 7 heteroatoms. The van der Waals surface area contributed by atoms with Gasteiger partial charge in [-0.3, -0.25) is 4.79 Å². The van der Waals surface area contributed by atoms with Crippen LogP contribution in [-0.2, 0) is 10.0 Å². The molecule has 3 unspecified atom stereocenters. The highest BCUT2D eigenvalue weighted by Crippen LogP contribution is 2.65. The second-order valence-electron chi connectivity index (χ2n) is 10.4. The van der Waals surface area contributed by atoms with Crippen LogP contribution in [0.2, 0.25) is 0 Å². The zero-order chi connectivity index (χ0) is 21.8. The Morgan fingerprint density at radius 3 is 2.34 bits per heavy atom. The molecule has 1 aromatic carbocycles. The molecule has 0 aromatic heterocycles. The van der Waals surface area contributed by atoms with E-state index < -0.39 is 15.6 Å². The lowest BCUT2D eigenvalue weighted by Crippen LogP contribution is -2.47. The van der Waals surface area contributed by atoms with Crippen LogP contribution in [0.1, 0.15) is 71.2 Å². The first kappa shape index (κ1) is 22.1. The van der Waals surface area contributed by atoms with Gasteiger partial charge in [0.25, 0.3) is 5.91 Å². The third-order valence-corrected chi connectivity index (χ3v) is 9.03. The predicted octanol–water partition coefficient (Wildman–Crippen LogP) is 3.72. The van der Waals surface area contributed by atoms with Crippen molar-refractivity contribution in [2.45, 2.75) is 77.3 Å². The first-order valence-corrected chi connectivity index (χ1v) is 11.7. The number of benzene rings is 1. The maximum absolute atomic E-state index is 13.0. The maximum Gasteiger partial charge on any atom is 0.251 e. The molecule has 0 heterocycles. The van der Waals surface area contributed by atoms with Crippen molar-refractivity contribution in [3.05, 3.63) is 23.8 Å². The van der Waals surface area contributed by atoms with Gasteiger partial charge in [-0.25, -0.2) is 13.1 Å². The molecule has 3 atom stereocenters. The standard InChI is InChI=1S/C22H34N2O4S/c1-20(2,3)24-29(26,27)17-12-14(8-9-16(17)28-7)19(25)23-18-13-15-10-11-22(18,6)21(15,4)5/h8-9,12,15,18,24H,10-11,13H2,1-7H3,(H,23,25). The highest BCUT2D eigenvalue weighted by Gasteiger charge is 2.61. The smallest absolute Gasteiger partial charge is 0.251 e. The van der Waals surface area contributed by atoms with Gasteiger partial charge in [-0.15, -0.1) is 0 Å². The van der Waals surface area contributed by atoms with Gasteiger partial charge in [0.1, 0.15) is 10.6 Å². The fourth-order valence-electron chi connectivity index (χ4n) is 5.15. The minimum absolute atomic E-state index is 0.0259. The topological polar surface area (TPSA) is 84.5 Å². The number of carbonyl (C=O) groups is 1. The summed E-state index contributed by atoms with van der Waals surface area (Å²) in [4.78, 5) is 13.0. The van der Waals surface area contributed by atoms with Crippen LogP contribution in [0.25, 0.3) is 0 Å². The van der Waals surface area contributed by atoms with Crippen LogP contribution >= 0.6 is 0 Å². The lowest BCUT2D eigenvalue weighted by atomic mass is 9.69. The number of carbonyl (C=O) groups excluding carboxylic acids is 1. The molecule has 1 amide bonds. The summed E-state index contributed by atoms with van der Waals surface area (Å²) in [6.07, 6.45) is 3.29. The molecule has 2 fully saturated rings. The number of fused-ring (bicyclic) bond motifs is 2. The van der Waals surface area contributed by atoms with Gasteiger partial charge in [0.2, 0.25) is 10.0 Å². The minimum Gasteiger partial charge on any atom is -0.495 e. The molecular formula is C22H34N2O4S. The summed E-state index contributed by atoms with van der Waals surface area (Å²) in [6.45, 7) is 12.2. The molecule has 2 aliphatic rings. The van der Waals surface area contributed by atoms with E-state index in [1.165, 1.54) is 19.6 Å². The quantitative estimate of drug-likeness (QED) is 0.757. The molecule has 6 nitrogen and oxygen atoms in total. The second kappa shape index (κ2) is 6.98. The molecule has 162 valence electrons. The first-order chi connectivity index (χ1) is 13.2. The van der Waals surface area contributed by atoms with Crippen LogP contribution in [-0.4, -0.2) is 33.0 Å². The highest BCUT2D eigenvalue weighted by molar-refractivity contribution is 7.89. The maximum atomic E-state index is 13.0. The second-order valence-corrected chi connectivity index (χ2v) is 12.0. The summed E-state index contributed by atoms with van der Waals surface area (Å²) >= 11 is 0. The van der Waals surface area contributed by atoms with Crippen LogP contribution in [0.4, 0.5) is 0 Å². The first-order valence-electron chi connectivity index (χ1n) is 10.2. The Morgan fingerprint density at radius 1 is 1.21 bits per heavy atom. The molecule has 3 rings (SSSR count). The number of hydrogen-bond acceptors (Lipinski definition) is 4. The molecule has 0 spiro atoms. The van der Waals surface area contributed by atoms with Crippen molar-refractivity contribution in [2.75, 3.05) is 7.11 Å². The lowest BCUT2D eigenvalue weighted by Gasteiger charge is -2.39. The molecule has 2 saturated carbocycles. The van der Waals surface area contributed by atoms with Gasteiger partial charge in [-0.05, 0) is 75.0 Å². The molecule has 1 aromatic rings. The van der Waals surface area contributed by atoms with Crippen molar-refractivity contribution in [1.29, 1.82) is 0 Å². The summed E-state index contributed by atoms with van der Waals surface area (Å²) in [5.74, 6) is 0.585. The number of methoxy groups -OCH3 is 1. The van der Waals surface area contributed by atoms with Gasteiger partial charge in [0.15, 0.2) is 0 Å². The minimum atomic E-state index is -3.84. The van der Waals surface area contributed by atoms with Crippen LogP contribution in [0, 0.1) is 16.7 Å². The summed E-state index contributed by atoms with van der Waals surface area (Å²) in [5.41, 5.74) is -0.0756. The van der Waals surface area contributed by atoms with E-state index in [4.69, 9.17) is 4.74 Å². The van der Waals surface area contributed by atoms with E-state index in [1.54, 1.807) is 32.9 Å². The van der Waals surface area contributed by atoms with E-state index in [0.717, 1.165) is 12.8 Å². The van der Waals surface area contributed by atoms with Crippen LogP contribution < -0.4 is 14.8 Å². The molecule has 2 aliphatic carbocycles. The third-order valence-electron chi connectivity index (χ3n) is 7.26. The molecule has 29 heavy (non-hydrogen) atoms. The average molecular weight is 423 g/mol. The zero-order valence-electron chi connectivity index (χ0n) is 18.5. The number of amides is 1. The van der Waals surface area contributed by atoms with E-state index in [0.29, 0.717) is 11.5 Å². The number of sulfonamides is 1. The summed E-state index contributed by atoms with van der Waals surface area (Å²) < 4.78 is 33.6. The molecule has 0 saturated heterocycles. The van der Waals surface area contributed by atoms with E-state index in [9.17, 15) is 13.2 Å². The van der Waals surface area contributed by atoms with Crippen molar-refractivity contribution in [2.24, 2.45) is 16.7 Å². The van der Waals surface area contributed by atoms with Crippen molar-refractivity contribution < 1.29 is 17.9 Å². The Bertz CT molecular complexity index is 917. The normalized spacial score (nSPS) is 28.4.